The summed E-state index contributed by atoms with van der Waals surface area (Å²) in [7, 11) is 0. The van der Waals surface area contributed by atoms with Crippen LogP contribution in [0.25, 0.3) is 10.2 Å². The predicted octanol–water partition coefficient (Wildman–Crippen LogP) is 6.05. The molecule has 5 nitrogen and oxygen atoms in total. The van der Waals surface area contributed by atoms with E-state index in [-0.39, 0.29) is 18.9 Å². The van der Waals surface area contributed by atoms with E-state index < -0.39 is 11.9 Å². The fraction of sp³-hybridized carbons (Fsp3) is 0.286. The smallest absolute Gasteiger partial charge is 0.304 e. The van der Waals surface area contributed by atoms with Crippen molar-refractivity contribution in [2.45, 2.75) is 33.2 Å². The largest absolute Gasteiger partial charge is 0.481 e. The van der Waals surface area contributed by atoms with Crippen LogP contribution in [0.15, 0.2) is 18.2 Å². The number of rotatable bonds is 4. The van der Waals surface area contributed by atoms with E-state index in [4.69, 9.17) is 34.8 Å². The fourth-order valence-corrected chi connectivity index (χ4v) is 5.52. The Morgan fingerprint density at radius 1 is 1.20 bits per heavy atom. The van der Waals surface area contributed by atoms with Crippen molar-refractivity contribution in [1.29, 1.82) is 0 Å². The molecule has 4 rings (SSSR count). The van der Waals surface area contributed by atoms with Crippen LogP contribution in [-0.2, 0) is 22.6 Å². The number of carbonyl (C=O) groups excluding carboxylic acids is 1. The van der Waals surface area contributed by atoms with Crippen molar-refractivity contribution in [2.75, 3.05) is 4.90 Å². The van der Waals surface area contributed by atoms with E-state index in [2.05, 4.69) is 4.98 Å². The maximum Gasteiger partial charge on any atom is 0.304 e. The number of carboxylic acid groups (broad SMARTS) is 1. The predicted molar refractivity (Wildman–Crippen MR) is 121 cm³/mol. The van der Waals surface area contributed by atoms with Gasteiger partial charge in [0.25, 0.3) is 0 Å². The lowest BCUT2D eigenvalue weighted by Gasteiger charge is -2.34. The lowest BCUT2D eigenvalue weighted by molar-refractivity contribution is -0.140. The van der Waals surface area contributed by atoms with Crippen LogP contribution in [0.1, 0.15) is 28.1 Å². The lowest BCUT2D eigenvalue weighted by Crippen LogP contribution is -2.41. The van der Waals surface area contributed by atoms with Gasteiger partial charge < -0.3 is 10.0 Å². The maximum absolute atomic E-state index is 13.2. The normalized spacial score (nSPS) is 16.2. The SMILES string of the molecule is Cc1cc2c(cc1C)N(Cc1nc3c(Cl)c(Cl)cc(Cl)c3s1)C(=O)C(CC(=O)O)C2. The highest BCUT2D eigenvalue weighted by Gasteiger charge is 2.35. The first kappa shape index (κ1) is 21.4. The summed E-state index contributed by atoms with van der Waals surface area (Å²) >= 11 is 20.0. The number of hydrogen-bond acceptors (Lipinski definition) is 4. The lowest BCUT2D eigenvalue weighted by atomic mass is 9.87. The Kier molecular flexibility index (Phi) is 5.70. The van der Waals surface area contributed by atoms with Gasteiger partial charge in [0.2, 0.25) is 5.91 Å². The third-order valence-electron chi connectivity index (χ3n) is 5.34. The number of aromatic nitrogens is 1. The second-order valence-corrected chi connectivity index (χ2v) is 9.70. The van der Waals surface area contributed by atoms with E-state index >= 15 is 0 Å². The van der Waals surface area contributed by atoms with Crippen molar-refractivity contribution in [3.8, 4) is 0 Å². The molecule has 0 aliphatic carbocycles. The number of halogens is 3. The Hall–Kier alpha value is -1.86. The third kappa shape index (κ3) is 3.78. The van der Waals surface area contributed by atoms with Crippen LogP contribution in [0.5, 0.6) is 0 Å². The molecule has 9 heteroatoms. The highest BCUT2D eigenvalue weighted by molar-refractivity contribution is 7.19. The first-order chi connectivity index (χ1) is 14.2. The van der Waals surface area contributed by atoms with Crippen molar-refractivity contribution >= 4 is 73.9 Å². The zero-order valence-corrected chi connectivity index (χ0v) is 19.2. The second-order valence-electron chi connectivity index (χ2n) is 7.43. The molecule has 30 heavy (non-hydrogen) atoms. The second kappa shape index (κ2) is 8.00. The quantitative estimate of drug-likeness (QED) is 0.458. The number of hydrogen-bond donors (Lipinski definition) is 1. The zero-order chi connectivity index (χ0) is 21.7. The van der Waals surface area contributed by atoms with Crippen molar-refractivity contribution in [2.24, 2.45) is 5.92 Å². The highest BCUT2D eigenvalue weighted by Crippen LogP contribution is 2.40. The molecular weight excluding hydrogens is 467 g/mol. The van der Waals surface area contributed by atoms with Crippen LogP contribution in [0.3, 0.4) is 0 Å². The van der Waals surface area contributed by atoms with Crippen LogP contribution in [-0.4, -0.2) is 22.0 Å². The van der Waals surface area contributed by atoms with E-state index in [0.717, 1.165) is 22.4 Å². The van der Waals surface area contributed by atoms with Gasteiger partial charge in [-0.1, -0.05) is 40.9 Å². The molecule has 156 valence electrons. The molecule has 2 aromatic carbocycles. The number of benzene rings is 2. The zero-order valence-electron chi connectivity index (χ0n) is 16.1. The van der Waals surface area contributed by atoms with Crippen LogP contribution in [0.2, 0.25) is 15.1 Å². The summed E-state index contributed by atoms with van der Waals surface area (Å²) in [6.45, 7) is 4.19. The Morgan fingerprint density at radius 2 is 1.90 bits per heavy atom. The molecular formula is C21H17Cl3N2O3S. The van der Waals surface area contributed by atoms with Gasteiger partial charge >= 0.3 is 5.97 Å². The van der Waals surface area contributed by atoms with Gasteiger partial charge in [-0.15, -0.1) is 11.3 Å². The van der Waals surface area contributed by atoms with E-state index in [1.165, 1.54) is 11.3 Å². The summed E-state index contributed by atoms with van der Waals surface area (Å²) < 4.78 is 0.702. The van der Waals surface area contributed by atoms with Gasteiger partial charge in [0.1, 0.15) is 10.5 Å². The monoisotopic (exact) mass is 482 g/mol. The van der Waals surface area contributed by atoms with E-state index in [9.17, 15) is 14.7 Å². The van der Waals surface area contributed by atoms with Crippen molar-refractivity contribution < 1.29 is 14.7 Å². The molecule has 0 bridgehead atoms. The number of amides is 1. The minimum absolute atomic E-state index is 0.202. The van der Waals surface area contributed by atoms with E-state index in [1.807, 2.05) is 26.0 Å². The van der Waals surface area contributed by atoms with Crippen molar-refractivity contribution in [3.05, 3.63) is 55.0 Å². The van der Waals surface area contributed by atoms with Gasteiger partial charge in [0.15, 0.2) is 0 Å². The van der Waals surface area contributed by atoms with Gasteiger partial charge in [0.05, 0.1) is 38.7 Å². The molecule has 1 unspecified atom stereocenters. The van der Waals surface area contributed by atoms with Gasteiger partial charge in [-0.25, -0.2) is 4.98 Å². The minimum atomic E-state index is -0.992. The first-order valence-corrected chi connectivity index (χ1v) is 11.2. The van der Waals surface area contributed by atoms with Crippen LogP contribution < -0.4 is 4.90 Å². The van der Waals surface area contributed by atoms with Crippen molar-refractivity contribution in [1.82, 2.24) is 4.98 Å². The van der Waals surface area contributed by atoms with Gasteiger partial charge in [-0.05, 0) is 49.1 Å². The topological polar surface area (TPSA) is 70.5 Å². The molecule has 0 saturated heterocycles. The molecule has 0 spiro atoms. The number of fused-ring (bicyclic) bond motifs is 2. The Bertz CT molecular complexity index is 1210. The number of carbonyl (C=O) groups is 2. The summed E-state index contributed by atoms with van der Waals surface area (Å²) in [5, 5.41) is 11.0. The van der Waals surface area contributed by atoms with E-state index in [1.54, 1.807) is 11.0 Å². The summed E-state index contributed by atoms with van der Waals surface area (Å²) in [5.74, 6) is -1.83. The van der Waals surface area contributed by atoms with Gasteiger partial charge in [0, 0.05) is 5.69 Å². The number of carboxylic acids is 1. The molecule has 1 aromatic heterocycles. The number of nitrogens with zero attached hydrogens (tertiary/aromatic N) is 2. The van der Waals surface area contributed by atoms with Crippen molar-refractivity contribution in [3.63, 3.8) is 0 Å². The Balaban J connectivity index is 1.79. The van der Waals surface area contributed by atoms with Crippen LogP contribution in [0.4, 0.5) is 5.69 Å². The molecule has 2 heterocycles. The average Bonchev–Trinajstić information content (AvgIpc) is 3.09. The third-order valence-corrected chi connectivity index (χ3v) is 7.60. The fourth-order valence-electron chi connectivity index (χ4n) is 3.73. The summed E-state index contributed by atoms with van der Waals surface area (Å²) in [4.78, 5) is 30.7. The average molecular weight is 484 g/mol. The molecule has 1 aliphatic rings. The molecule has 1 atom stereocenters. The summed E-state index contributed by atoms with van der Waals surface area (Å²) in [6.07, 6.45) is 0.194. The number of aliphatic carboxylic acids is 1. The first-order valence-electron chi connectivity index (χ1n) is 9.22. The molecule has 3 aromatic rings. The highest BCUT2D eigenvalue weighted by atomic mass is 35.5. The Morgan fingerprint density at radius 3 is 2.60 bits per heavy atom. The number of thiazole rings is 1. The van der Waals surface area contributed by atoms with Crippen LogP contribution >= 0.6 is 46.1 Å². The summed E-state index contributed by atoms with van der Waals surface area (Å²) in [6, 6.07) is 5.58. The molecule has 1 N–H and O–H groups in total. The molecule has 1 aliphatic heterocycles. The molecule has 0 fully saturated rings. The Labute approximate surface area is 192 Å². The minimum Gasteiger partial charge on any atom is -0.481 e. The van der Waals surface area contributed by atoms with Gasteiger partial charge in [-0.3, -0.25) is 9.59 Å². The van der Waals surface area contributed by atoms with E-state index in [0.29, 0.717) is 36.7 Å². The maximum atomic E-state index is 13.2. The number of anilines is 1. The number of aryl methyl sites for hydroxylation is 2. The molecule has 0 radical (unpaired) electrons. The summed E-state index contributed by atoms with van der Waals surface area (Å²) in [5.41, 5.74) is 4.42. The van der Waals surface area contributed by atoms with Gasteiger partial charge in [-0.2, -0.15) is 0 Å². The van der Waals surface area contributed by atoms with Crippen LogP contribution in [0, 0.1) is 19.8 Å². The standard InChI is InChI=1S/C21H17Cl3N2O3S/c1-9-3-11-5-12(6-17(27)28)21(29)26(15(11)4-10(9)2)8-16-25-19-18(24)13(22)7-14(23)20(19)30-16/h3-4,7,12H,5-6,8H2,1-2H3,(H,27,28). The molecule has 1 amide bonds. The molecule has 0 saturated carbocycles.